The molecule has 2 atom stereocenters. The third-order valence-corrected chi connectivity index (χ3v) is 3.69. The quantitative estimate of drug-likeness (QED) is 0.818. The third kappa shape index (κ3) is 3.97. The van der Waals surface area contributed by atoms with Gasteiger partial charge in [0.2, 0.25) is 11.9 Å². The highest BCUT2D eigenvalue weighted by Gasteiger charge is 2.26. The SMILES string of the molecule is CC1CCN(CC(=O)Nc2ncccn2)CC1CN. The topological polar surface area (TPSA) is 84.1 Å². The summed E-state index contributed by atoms with van der Waals surface area (Å²) in [5.41, 5.74) is 5.76. The van der Waals surface area contributed by atoms with Crippen LogP contribution in [0.3, 0.4) is 0 Å². The lowest BCUT2D eigenvalue weighted by atomic mass is 9.87. The van der Waals surface area contributed by atoms with E-state index in [2.05, 4.69) is 27.1 Å². The molecule has 1 amide bonds. The Hall–Kier alpha value is -1.53. The molecule has 104 valence electrons. The molecule has 2 unspecified atom stereocenters. The Morgan fingerprint density at radius 2 is 2.26 bits per heavy atom. The van der Waals surface area contributed by atoms with Gasteiger partial charge < -0.3 is 5.73 Å². The molecule has 0 aliphatic carbocycles. The molecule has 0 spiro atoms. The lowest BCUT2D eigenvalue weighted by Crippen LogP contribution is -2.45. The van der Waals surface area contributed by atoms with Gasteiger partial charge in [-0.2, -0.15) is 0 Å². The first-order valence-corrected chi connectivity index (χ1v) is 6.68. The smallest absolute Gasteiger partial charge is 0.240 e. The second-order valence-corrected chi connectivity index (χ2v) is 5.12. The van der Waals surface area contributed by atoms with Crippen molar-refractivity contribution in [2.75, 3.05) is 31.5 Å². The van der Waals surface area contributed by atoms with Crippen LogP contribution < -0.4 is 11.1 Å². The molecule has 2 rings (SSSR count). The number of aromatic nitrogens is 2. The molecule has 6 nitrogen and oxygen atoms in total. The Morgan fingerprint density at radius 1 is 1.53 bits per heavy atom. The average molecular weight is 263 g/mol. The van der Waals surface area contributed by atoms with E-state index in [-0.39, 0.29) is 5.91 Å². The molecule has 1 fully saturated rings. The first-order chi connectivity index (χ1) is 9.19. The fourth-order valence-corrected chi connectivity index (χ4v) is 2.41. The Labute approximate surface area is 113 Å². The van der Waals surface area contributed by atoms with Crippen LogP contribution in [0.5, 0.6) is 0 Å². The largest absolute Gasteiger partial charge is 0.330 e. The van der Waals surface area contributed by atoms with Gasteiger partial charge in [0.1, 0.15) is 0 Å². The van der Waals surface area contributed by atoms with Gasteiger partial charge in [-0.1, -0.05) is 6.92 Å². The molecule has 19 heavy (non-hydrogen) atoms. The highest BCUT2D eigenvalue weighted by Crippen LogP contribution is 2.21. The zero-order chi connectivity index (χ0) is 13.7. The van der Waals surface area contributed by atoms with E-state index in [0.29, 0.717) is 30.9 Å². The number of piperidine rings is 1. The van der Waals surface area contributed by atoms with Crippen molar-refractivity contribution >= 4 is 11.9 Å². The molecular weight excluding hydrogens is 242 g/mol. The number of likely N-dealkylation sites (tertiary alicyclic amines) is 1. The molecule has 2 heterocycles. The number of anilines is 1. The molecule has 6 heteroatoms. The van der Waals surface area contributed by atoms with E-state index in [1.54, 1.807) is 18.5 Å². The number of hydrogen-bond donors (Lipinski definition) is 2. The maximum absolute atomic E-state index is 11.9. The fourth-order valence-electron chi connectivity index (χ4n) is 2.41. The Kier molecular flexibility index (Phi) is 4.81. The molecular formula is C13H21N5O. The van der Waals surface area contributed by atoms with Crippen LogP contribution in [0.15, 0.2) is 18.5 Å². The van der Waals surface area contributed by atoms with E-state index in [0.717, 1.165) is 19.5 Å². The summed E-state index contributed by atoms with van der Waals surface area (Å²) in [5.74, 6) is 1.40. The van der Waals surface area contributed by atoms with Crippen LogP contribution in [0.4, 0.5) is 5.95 Å². The first-order valence-electron chi connectivity index (χ1n) is 6.68. The molecule has 0 aromatic carbocycles. The maximum Gasteiger partial charge on any atom is 0.240 e. The van der Waals surface area contributed by atoms with Crippen LogP contribution in [0.1, 0.15) is 13.3 Å². The van der Waals surface area contributed by atoms with E-state index in [1.807, 2.05) is 0 Å². The van der Waals surface area contributed by atoms with Crippen LogP contribution in [0.25, 0.3) is 0 Å². The standard InChI is InChI=1S/C13H21N5O/c1-10-3-6-18(8-11(10)7-14)9-12(19)17-13-15-4-2-5-16-13/h2,4-5,10-11H,3,6-9,14H2,1H3,(H,15,16,17,19). The minimum absolute atomic E-state index is 0.0727. The monoisotopic (exact) mass is 263 g/mol. The highest BCUT2D eigenvalue weighted by molar-refractivity contribution is 5.90. The fraction of sp³-hybridized carbons (Fsp3) is 0.615. The van der Waals surface area contributed by atoms with Gasteiger partial charge in [-0.05, 0) is 37.4 Å². The third-order valence-electron chi connectivity index (χ3n) is 3.69. The number of carbonyl (C=O) groups is 1. The maximum atomic E-state index is 11.9. The van der Waals surface area contributed by atoms with E-state index in [9.17, 15) is 4.79 Å². The van der Waals surface area contributed by atoms with E-state index in [4.69, 9.17) is 5.73 Å². The lowest BCUT2D eigenvalue weighted by Gasteiger charge is -2.36. The normalized spacial score (nSPS) is 24.1. The van der Waals surface area contributed by atoms with Crippen molar-refractivity contribution in [2.45, 2.75) is 13.3 Å². The molecule has 1 aliphatic heterocycles. The second-order valence-electron chi connectivity index (χ2n) is 5.12. The van der Waals surface area contributed by atoms with Crippen LogP contribution in [0, 0.1) is 11.8 Å². The van der Waals surface area contributed by atoms with Gasteiger partial charge in [0.15, 0.2) is 0 Å². The van der Waals surface area contributed by atoms with Crippen LogP contribution >= 0.6 is 0 Å². The minimum atomic E-state index is -0.0727. The Balaban J connectivity index is 1.82. The zero-order valence-electron chi connectivity index (χ0n) is 11.2. The number of carbonyl (C=O) groups excluding carboxylic acids is 1. The summed E-state index contributed by atoms with van der Waals surface area (Å²) >= 11 is 0. The van der Waals surface area contributed by atoms with Gasteiger partial charge in [0.25, 0.3) is 0 Å². The van der Waals surface area contributed by atoms with Crippen molar-refractivity contribution in [2.24, 2.45) is 17.6 Å². The highest BCUT2D eigenvalue weighted by atomic mass is 16.2. The van der Waals surface area contributed by atoms with Crippen molar-refractivity contribution < 1.29 is 4.79 Å². The predicted octanol–water partition coefficient (Wildman–Crippen LogP) is 0.332. The predicted molar refractivity (Wildman–Crippen MR) is 73.4 cm³/mol. The minimum Gasteiger partial charge on any atom is -0.330 e. The van der Waals surface area contributed by atoms with Gasteiger partial charge in [-0.25, -0.2) is 9.97 Å². The molecule has 1 aromatic heterocycles. The van der Waals surface area contributed by atoms with Gasteiger partial charge in [0.05, 0.1) is 6.54 Å². The second kappa shape index (κ2) is 6.58. The molecule has 0 bridgehead atoms. The summed E-state index contributed by atoms with van der Waals surface area (Å²) in [6.07, 6.45) is 4.31. The summed E-state index contributed by atoms with van der Waals surface area (Å²) in [7, 11) is 0. The number of rotatable bonds is 4. The van der Waals surface area contributed by atoms with Gasteiger partial charge in [0, 0.05) is 18.9 Å². The van der Waals surface area contributed by atoms with E-state index in [1.165, 1.54) is 0 Å². The van der Waals surface area contributed by atoms with Crippen molar-refractivity contribution in [3.8, 4) is 0 Å². The van der Waals surface area contributed by atoms with Crippen LogP contribution in [0.2, 0.25) is 0 Å². The van der Waals surface area contributed by atoms with Crippen LogP contribution in [-0.4, -0.2) is 47.0 Å². The number of nitrogens with one attached hydrogen (secondary N) is 1. The summed E-state index contributed by atoms with van der Waals surface area (Å²) in [6.45, 7) is 5.12. The van der Waals surface area contributed by atoms with E-state index < -0.39 is 0 Å². The van der Waals surface area contributed by atoms with Gasteiger partial charge in [-0.15, -0.1) is 0 Å². The number of nitrogens with zero attached hydrogens (tertiary/aromatic N) is 3. The summed E-state index contributed by atoms with van der Waals surface area (Å²) < 4.78 is 0. The first kappa shape index (κ1) is 13.9. The zero-order valence-corrected chi connectivity index (χ0v) is 11.2. The molecule has 1 aliphatic rings. The molecule has 1 aromatic rings. The number of nitrogens with two attached hydrogens (primary N) is 1. The van der Waals surface area contributed by atoms with Crippen molar-refractivity contribution in [1.29, 1.82) is 0 Å². The van der Waals surface area contributed by atoms with Crippen LogP contribution in [-0.2, 0) is 4.79 Å². The molecule has 3 N–H and O–H groups in total. The van der Waals surface area contributed by atoms with E-state index >= 15 is 0 Å². The van der Waals surface area contributed by atoms with Crippen molar-refractivity contribution in [1.82, 2.24) is 14.9 Å². The summed E-state index contributed by atoms with van der Waals surface area (Å²) in [5, 5.41) is 2.70. The summed E-state index contributed by atoms with van der Waals surface area (Å²) in [4.78, 5) is 22.0. The molecule has 1 saturated heterocycles. The van der Waals surface area contributed by atoms with Gasteiger partial charge >= 0.3 is 0 Å². The molecule has 0 saturated carbocycles. The average Bonchev–Trinajstić information content (AvgIpc) is 2.42. The molecule has 0 radical (unpaired) electrons. The Bertz CT molecular complexity index is 411. The number of amides is 1. The lowest BCUT2D eigenvalue weighted by molar-refractivity contribution is -0.117. The summed E-state index contributed by atoms with van der Waals surface area (Å²) in [6, 6.07) is 1.72. The van der Waals surface area contributed by atoms with Gasteiger partial charge in [-0.3, -0.25) is 15.0 Å². The van der Waals surface area contributed by atoms with Crippen molar-refractivity contribution in [3.05, 3.63) is 18.5 Å². The number of hydrogen-bond acceptors (Lipinski definition) is 5. The van der Waals surface area contributed by atoms with Crippen molar-refractivity contribution in [3.63, 3.8) is 0 Å². The Morgan fingerprint density at radius 3 is 2.95 bits per heavy atom.